The number of ether oxygens (including phenoxy) is 1. The average molecular weight is 331 g/mol. The SMILES string of the molecule is O=C(NNC(=S)Nc1ccc(F)cc1)[C@H]1Cc2ccccc2O1. The highest BCUT2D eigenvalue weighted by Gasteiger charge is 2.28. The second-order valence-electron chi connectivity index (χ2n) is 4.99. The smallest absolute Gasteiger partial charge is 0.279 e. The maximum atomic E-state index is 12.8. The number of hydrogen-bond acceptors (Lipinski definition) is 3. The molecule has 0 saturated carbocycles. The molecular weight excluding hydrogens is 317 g/mol. The van der Waals surface area contributed by atoms with Crippen LogP contribution in [0.3, 0.4) is 0 Å². The zero-order valence-electron chi connectivity index (χ0n) is 12.0. The lowest BCUT2D eigenvalue weighted by Gasteiger charge is -2.14. The molecule has 23 heavy (non-hydrogen) atoms. The van der Waals surface area contributed by atoms with Crippen LogP contribution in [0.1, 0.15) is 5.56 Å². The van der Waals surface area contributed by atoms with Gasteiger partial charge < -0.3 is 10.1 Å². The van der Waals surface area contributed by atoms with Gasteiger partial charge in [0.15, 0.2) is 11.2 Å². The predicted molar refractivity (Wildman–Crippen MR) is 88.5 cm³/mol. The first kappa shape index (κ1) is 15.2. The molecule has 0 unspecified atom stereocenters. The molecule has 0 saturated heterocycles. The lowest BCUT2D eigenvalue weighted by molar-refractivity contribution is -0.127. The van der Waals surface area contributed by atoms with Crippen molar-refractivity contribution >= 4 is 28.9 Å². The first-order valence-corrected chi connectivity index (χ1v) is 7.39. The van der Waals surface area contributed by atoms with Crippen molar-refractivity contribution in [3.05, 3.63) is 59.9 Å². The highest BCUT2D eigenvalue weighted by molar-refractivity contribution is 7.80. The number of amides is 1. The Balaban J connectivity index is 1.48. The van der Waals surface area contributed by atoms with Gasteiger partial charge in [-0.25, -0.2) is 4.39 Å². The van der Waals surface area contributed by atoms with E-state index in [4.69, 9.17) is 17.0 Å². The quantitative estimate of drug-likeness (QED) is 0.581. The van der Waals surface area contributed by atoms with Crippen molar-refractivity contribution in [2.45, 2.75) is 12.5 Å². The van der Waals surface area contributed by atoms with Crippen LogP contribution in [0, 0.1) is 5.82 Å². The lowest BCUT2D eigenvalue weighted by Crippen LogP contribution is -2.49. The van der Waals surface area contributed by atoms with Crippen molar-refractivity contribution < 1.29 is 13.9 Å². The third-order valence-electron chi connectivity index (χ3n) is 3.34. The maximum Gasteiger partial charge on any atom is 0.279 e. The van der Waals surface area contributed by atoms with E-state index in [0.717, 1.165) is 11.3 Å². The average Bonchev–Trinajstić information content (AvgIpc) is 2.99. The summed E-state index contributed by atoms with van der Waals surface area (Å²) >= 11 is 5.06. The predicted octanol–water partition coefficient (Wildman–Crippen LogP) is 2.15. The number of carbonyl (C=O) groups is 1. The van der Waals surface area contributed by atoms with Crippen LogP contribution in [0.25, 0.3) is 0 Å². The van der Waals surface area contributed by atoms with Crippen molar-refractivity contribution in [3.8, 4) is 5.75 Å². The summed E-state index contributed by atoms with van der Waals surface area (Å²) in [6, 6.07) is 13.2. The Morgan fingerprint density at radius 2 is 1.87 bits per heavy atom. The fourth-order valence-electron chi connectivity index (χ4n) is 2.22. The van der Waals surface area contributed by atoms with Crippen LogP contribution in [0.4, 0.5) is 10.1 Å². The normalized spacial score (nSPS) is 15.3. The van der Waals surface area contributed by atoms with Crippen LogP contribution in [0.5, 0.6) is 5.75 Å². The van der Waals surface area contributed by atoms with Crippen molar-refractivity contribution in [3.63, 3.8) is 0 Å². The Hall–Kier alpha value is -2.67. The van der Waals surface area contributed by atoms with Gasteiger partial charge in [-0.3, -0.25) is 15.6 Å². The van der Waals surface area contributed by atoms with Crippen LogP contribution in [-0.2, 0) is 11.2 Å². The van der Waals surface area contributed by atoms with Crippen LogP contribution in [-0.4, -0.2) is 17.1 Å². The van der Waals surface area contributed by atoms with E-state index >= 15 is 0 Å². The standard InChI is InChI=1S/C16H14FN3O2S/c17-11-5-7-12(8-6-11)18-16(23)20-19-15(21)14-9-10-3-1-2-4-13(10)22-14/h1-8,14H,9H2,(H,19,21)(H2,18,20,23)/t14-/m1/s1. The van der Waals surface area contributed by atoms with E-state index < -0.39 is 6.10 Å². The molecule has 1 aliphatic heterocycles. The summed E-state index contributed by atoms with van der Waals surface area (Å²) in [5, 5.41) is 3.03. The molecule has 1 amide bonds. The summed E-state index contributed by atoms with van der Waals surface area (Å²) in [7, 11) is 0. The molecule has 3 N–H and O–H groups in total. The second-order valence-corrected chi connectivity index (χ2v) is 5.40. The van der Waals surface area contributed by atoms with E-state index in [2.05, 4.69) is 16.2 Å². The van der Waals surface area contributed by atoms with Gasteiger partial charge in [0, 0.05) is 12.1 Å². The number of para-hydroxylation sites is 1. The molecule has 0 radical (unpaired) electrons. The van der Waals surface area contributed by atoms with Crippen LogP contribution >= 0.6 is 12.2 Å². The van der Waals surface area contributed by atoms with E-state index in [9.17, 15) is 9.18 Å². The van der Waals surface area contributed by atoms with Gasteiger partial charge in [-0.1, -0.05) is 18.2 Å². The fraction of sp³-hybridized carbons (Fsp3) is 0.125. The molecule has 1 heterocycles. The lowest BCUT2D eigenvalue weighted by atomic mass is 10.1. The molecule has 2 aromatic rings. The van der Waals surface area contributed by atoms with Crippen LogP contribution < -0.4 is 20.9 Å². The zero-order chi connectivity index (χ0) is 16.2. The first-order chi connectivity index (χ1) is 11.1. The van der Waals surface area contributed by atoms with Gasteiger partial charge in [0.25, 0.3) is 5.91 Å². The molecule has 2 aromatic carbocycles. The molecule has 1 aliphatic rings. The van der Waals surface area contributed by atoms with Gasteiger partial charge >= 0.3 is 0 Å². The van der Waals surface area contributed by atoms with Gasteiger partial charge in [-0.15, -0.1) is 0 Å². The Morgan fingerprint density at radius 3 is 2.61 bits per heavy atom. The number of benzene rings is 2. The minimum atomic E-state index is -0.589. The van der Waals surface area contributed by atoms with Gasteiger partial charge in [0.05, 0.1) is 0 Å². The highest BCUT2D eigenvalue weighted by atomic mass is 32.1. The Labute approximate surface area is 137 Å². The van der Waals surface area contributed by atoms with E-state index in [0.29, 0.717) is 12.1 Å². The number of hydrogen-bond donors (Lipinski definition) is 3. The van der Waals surface area contributed by atoms with E-state index in [-0.39, 0.29) is 16.8 Å². The molecule has 3 rings (SSSR count). The first-order valence-electron chi connectivity index (χ1n) is 6.99. The summed E-state index contributed by atoms with van der Waals surface area (Å²) in [4.78, 5) is 12.1. The summed E-state index contributed by atoms with van der Waals surface area (Å²) in [5.74, 6) is 0.0739. The fourth-order valence-corrected chi connectivity index (χ4v) is 2.39. The molecule has 0 aromatic heterocycles. The number of anilines is 1. The zero-order valence-corrected chi connectivity index (χ0v) is 12.8. The van der Waals surface area contributed by atoms with Gasteiger partial charge in [-0.2, -0.15) is 0 Å². The summed E-state index contributed by atoms with van der Waals surface area (Å²) < 4.78 is 18.4. The van der Waals surface area contributed by atoms with E-state index in [1.807, 2.05) is 24.3 Å². The maximum absolute atomic E-state index is 12.8. The molecule has 0 aliphatic carbocycles. The number of thiocarbonyl (C=S) groups is 1. The number of fused-ring (bicyclic) bond motifs is 1. The van der Waals surface area contributed by atoms with E-state index in [1.165, 1.54) is 12.1 Å². The van der Waals surface area contributed by atoms with Crippen LogP contribution in [0.2, 0.25) is 0 Å². The van der Waals surface area contributed by atoms with Crippen LogP contribution in [0.15, 0.2) is 48.5 Å². The Bertz CT molecular complexity index is 711. The van der Waals surface area contributed by atoms with Crippen molar-refractivity contribution in [2.75, 3.05) is 5.32 Å². The van der Waals surface area contributed by atoms with Gasteiger partial charge in [0.2, 0.25) is 0 Å². The van der Waals surface area contributed by atoms with Crippen molar-refractivity contribution in [1.29, 1.82) is 0 Å². The van der Waals surface area contributed by atoms with E-state index in [1.54, 1.807) is 12.1 Å². The molecular formula is C16H14FN3O2S. The van der Waals surface area contributed by atoms with Crippen molar-refractivity contribution in [1.82, 2.24) is 10.9 Å². The highest BCUT2D eigenvalue weighted by Crippen LogP contribution is 2.27. The largest absolute Gasteiger partial charge is 0.480 e. The van der Waals surface area contributed by atoms with Crippen molar-refractivity contribution in [2.24, 2.45) is 0 Å². The topological polar surface area (TPSA) is 62.4 Å². The van der Waals surface area contributed by atoms with Gasteiger partial charge in [0.1, 0.15) is 11.6 Å². The number of carbonyl (C=O) groups excluding carboxylic acids is 1. The summed E-state index contributed by atoms with van der Waals surface area (Å²) in [6.45, 7) is 0. The molecule has 118 valence electrons. The third kappa shape index (κ3) is 3.75. The second kappa shape index (κ2) is 6.62. The molecule has 0 fully saturated rings. The molecule has 0 bridgehead atoms. The monoisotopic (exact) mass is 331 g/mol. The summed E-state index contributed by atoms with van der Waals surface area (Å²) in [6.07, 6.45) is -0.0736. The molecule has 1 atom stereocenters. The number of halogens is 1. The molecule has 5 nitrogen and oxygen atoms in total. The third-order valence-corrected chi connectivity index (χ3v) is 3.55. The number of hydrazine groups is 1. The molecule has 0 spiro atoms. The minimum Gasteiger partial charge on any atom is -0.480 e. The minimum absolute atomic E-state index is 0.195. The summed E-state index contributed by atoms with van der Waals surface area (Å²) in [5.41, 5.74) is 6.71. The number of nitrogens with one attached hydrogen (secondary N) is 3. The Kier molecular flexibility index (Phi) is 4.38. The molecule has 7 heteroatoms. The Morgan fingerprint density at radius 1 is 1.13 bits per heavy atom. The number of rotatable bonds is 2. The van der Waals surface area contributed by atoms with Gasteiger partial charge in [-0.05, 0) is 48.1 Å².